The van der Waals surface area contributed by atoms with Crippen LogP contribution in [0.25, 0.3) is 4.96 Å². The van der Waals surface area contributed by atoms with Crippen LogP contribution in [0.4, 0.5) is 0 Å². The number of aryl methyl sites for hydroxylation is 1. The Morgan fingerprint density at radius 2 is 2.04 bits per heavy atom. The number of benzene rings is 1. The van der Waals surface area contributed by atoms with Gasteiger partial charge in [0.1, 0.15) is 6.33 Å². The van der Waals surface area contributed by atoms with E-state index in [4.69, 9.17) is 0 Å². The summed E-state index contributed by atoms with van der Waals surface area (Å²) in [5.74, 6) is 0.203. The first-order chi connectivity index (χ1) is 11.6. The second-order valence-corrected chi connectivity index (χ2v) is 7.19. The van der Waals surface area contributed by atoms with Crippen molar-refractivity contribution in [3.63, 3.8) is 0 Å². The molecule has 1 aromatic carbocycles. The van der Waals surface area contributed by atoms with Gasteiger partial charge in [-0.15, -0.1) is 11.3 Å². The van der Waals surface area contributed by atoms with E-state index < -0.39 is 0 Å². The molecule has 0 saturated heterocycles. The van der Waals surface area contributed by atoms with E-state index in [2.05, 4.69) is 60.4 Å². The molecule has 0 radical (unpaired) electrons. The third kappa shape index (κ3) is 3.48. The number of carbonyl (C=O) groups excluding carboxylic acids is 1. The van der Waals surface area contributed by atoms with Gasteiger partial charge in [0.05, 0.1) is 11.6 Å². The summed E-state index contributed by atoms with van der Waals surface area (Å²) in [5, 5.41) is 9.32. The van der Waals surface area contributed by atoms with Crippen LogP contribution in [-0.4, -0.2) is 27.0 Å². The molecule has 1 unspecified atom stereocenters. The van der Waals surface area contributed by atoms with Crippen molar-refractivity contribution in [2.75, 3.05) is 6.54 Å². The van der Waals surface area contributed by atoms with Gasteiger partial charge in [0.25, 0.3) is 0 Å². The van der Waals surface area contributed by atoms with Gasteiger partial charge in [-0.1, -0.05) is 43.7 Å². The number of fused-ring (bicyclic) bond motifs is 1. The average molecular weight is 342 g/mol. The Hall–Kier alpha value is -2.21. The van der Waals surface area contributed by atoms with Crippen molar-refractivity contribution in [3.8, 4) is 0 Å². The molecule has 5 nitrogen and oxygen atoms in total. The van der Waals surface area contributed by atoms with E-state index in [0.29, 0.717) is 6.54 Å². The van der Waals surface area contributed by atoms with Gasteiger partial charge in [-0.05, 0) is 18.4 Å². The van der Waals surface area contributed by atoms with Gasteiger partial charge in [0.2, 0.25) is 10.9 Å². The predicted molar refractivity (Wildman–Crippen MR) is 96.3 cm³/mol. The fraction of sp³-hybridized carbons (Fsp3) is 0.389. The summed E-state index contributed by atoms with van der Waals surface area (Å²) in [6.07, 6.45) is 2.30. The molecular formula is C18H22N4OS. The molecule has 0 spiro atoms. The van der Waals surface area contributed by atoms with Crippen LogP contribution in [0.15, 0.2) is 36.0 Å². The number of nitrogens with zero attached hydrogens (tertiary/aromatic N) is 3. The van der Waals surface area contributed by atoms with Crippen molar-refractivity contribution >= 4 is 22.2 Å². The molecule has 0 aliphatic carbocycles. The minimum absolute atomic E-state index is 0.0823. The molecule has 1 amide bonds. The van der Waals surface area contributed by atoms with Gasteiger partial charge in [-0.2, -0.15) is 5.10 Å². The highest BCUT2D eigenvalue weighted by Crippen LogP contribution is 2.25. The summed E-state index contributed by atoms with van der Waals surface area (Å²) in [6.45, 7) is 6.82. The lowest BCUT2D eigenvalue weighted by Crippen LogP contribution is -2.33. The lowest BCUT2D eigenvalue weighted by atomic mass is 9.87. The summed E-state index contributed by atoms with van der Waals surface area (Å²) in [7, 11) is 0. The van der Waals surface area contributed by atoms with Crippen LogP contribution in [0.1, 0.15) is 36.6 Å². The number of amides is 1. The predicted octanol–water partition coefficient (Wildman–Crippen LogP) is 3.20. The number of hydrogen-bond donors (Lipinski definition) is 1. The SMILES string of the molecule is Cc1ccc(C(C(=O)NCCc2csc3ncnn23)C(C)C)cc1. The molecule has 2 heterocycles. The molecule has 1 atom stereocenters. The van der Waals surface area contributed by atoms with Gasteiger partial charge >= 0.3 is 0 Å². The Kier molecular flexibility index (Phi) is 4.94. The number of carbonyl (C=O) groups is 1. The summed E-state index contributed by atoms with van der Waals surface area (Å²) in [4.78, 5) is 17.7. The minimum Gasteiger partial charge on any atom is -0.355 e. The normalized spacial score (nSPS) is 12.7. The number of rotatable bonds is 6. The van der Waals surface area contributed by atoms with Gasteiger partial charge in [-0.3, -0.25) is 4.79 Å². The molecule has 3 rings (SSSR count). The summed E-state index contributed by atoms with van der Waals surface area (Å²) < 4.78 is 1.83. The molecule has 0 saturated carbocycles. The minimum atomic E-state index is -0.125. The number of nitrogens with one attached hydrogen (secondary N) is 1. The topological polar surface area (TPSA) is 59.3 Å². The monoisotopic (exact) mass is 342 g/mol. The van der Waals surface area contributed by atoms with E-state index in [0.717, 1.165) is 22.6 Å². The molecule has 24 heavy (non-hydrogen) atoms. The molecular weight excluding hydrogens is 320 g/mol. The van der Waals surface area contributed by atoms with Gasteiger partial charge in [0, 0.05) is 18.3 Å². The molecule has 126 valence electrons. The molecule has 3 aromatic rings. The van der Waals surface area contributed by atoms with Crippen LogP contribution < -0.4 is 5.32 Å². The Balaban J connectivity index is 1.63. The molecule has 0 fully saturated rings. The van der Waals surface area contributed by atoms with Crippen molar-refractivity contribution in [2.24, 2.45) is 5.92 Å². The smallest absolute Gasteiger partial charge is 0.227 e. The fourth-order valence-corrected chi connectivity index (χ4v) is 3.71. The number of hydrogen-bond acceptors (Lipinski definition) is 4. The van der Waals surface area contributed by atoms with Crippen LogP contribution >= 0.6 is 11.3 Å². The lowest BCUT2D eigenvalue weighted by Gasteiger charge is -2.21. The fourth-order valence-electron chi connectivity index (χ4n) is 2.88. The standard InChI is InChI=1S/C18H22N4OS/c1-12(2)16(14-6-4-13(3)5-7-14)17(23)19-9-8-15-10-24-18-20-11-21-22(15)18/h4-7,10-12,16H,8-9H2,1-3H3,(H,19,23). The molecule has 0 bridgehead atoms. The van der Waals surface area contributed by atoms with E-state index in [-0.39, 0.29) is 17.7 Å². The zero-order chi connectivity index (χ0) is 17.1. The number of aromatic nitrogens is 3. The van der Waals surface area contributed by atoms with E-state index in [1.54, 1.807) is 17.7 Å². The van der Waals surface area contributed by atoms with Crippen LogP contribution in [0.2, 0.25) is 0 Å². The van der Waals surface area contributed by atoms with Crippen molar-refractivity contribution < 1.29 is 4.79 Å². The molecule has 1 N–H and O–H groups in total. The summed E-state index contributed by atoms with van der Waals surface area (Å²) >= 11 is 1.57. The van der Waals surface area contributed by atoms with E-state index in [1.807, 2.05) is 9.90 Å². The molecule has 2 aromatic heterocycles. The van der Waals surface area contributed by atoms with Crippen molar-refractivity contribution in [1.82, 2.24) is 19.9 Å². The first-order valence-electron chi connectivity index (χ1n) is 8.16. The highest BCUT2D eigenvalue weighted by Gasteiger charge is 2.23. The summed E-state index contributed by atoms with van der Waals surface area (Å²) in [6, 6.07) is 8.23. The summed E-state index contributed by atoms with van der Waals surface area (Å²) in [5.41, 5.74) is 3.35. The highest BCUT2D eigenvalue weighted by atomic mass is 32.1. The average Bonchev–Trinajstić information content (AvgIpc) is 3.14. The van der Waals surface area contributed by atoms with Crippen LogP contribution in [0.3, 0.4) is 0 Å². The Morgan fingerprint density at radius 1 is 1.29 bits per heavy atom. The van der Waals surface area contributed by atoms with Gasteiger partial charge in [0.15, 0.2) is 0 Å². The Morgan fingerprint density at radius 3 is 2.75 bits per heavy atom. The Labute approximate surface area is 145 Å². The van der Waals surface area contributed by atoms with Gasteiger partial charge < -0.3 is 5.32 Å². The first kappa shape index (κ1) is 16.6. The van der Waals surface area contributed by atoms with E-state index >= 15 is 0 Å². The quantitative estimate of drug-likeness (QED) is 0.748. The Bertz CT molecular complexity index is 819. The molecule has 0 aliphatic heterocycles. The second kappa shape index (κ2) is 7.13. The maximum Gasteiger partial charge on any atom is 0.227 e. The highest BCUT2D eigenvalue weighted by molar-refractivity contribution is 7.15. The van der Waals surface area contributed by atoms with Gasteiger partial charge in [-0.25, -0.2) is 9.50 Å². The molecule has 0 aliphatic rings. The largest absolute Gasteiger partial charge is 0.355 e. The third-order valence-electron chi connectivity index (χ3n) is 4.15. The number of thiazole rings is 1. The van der Waals surface area contributed by atoms with Crippen molar-refractivity contribution in [3.05, 3.63) is 52.8 Å². The zero-order valence-corrected chi connectivity index (χ0v) is 15.0. The third-order valence-corrected chi connectivity index (χ3v) is 5.03. The van der Waals surface area contributed by atoms with E-state index in [9.17, 15) is 4.79 Å². The lowest BCUT2D eigenvalue weighted by molar-refractivity contribution is -0.123. The van der Waals surface area contributed by atoms with Crippen LogP contribution in [-0.2, 0) is 11.2 Å². The van der Waals surface area contributed by atoms with Crippen molar-refractivity contribution in [2.45, 2.75) is 33.1 Å². The van der Waals surface area contributed by atoms with E-state index in [1.165, 1.54) is 5.56 Å². The maximum absolute atomic E-state index is 12.7. The maximum atomic E-state index is 12.7. The first-order valence-corrected chi connectivity index (χ1v) is 9.04. The van der Waals surface area contributed by atoms with Crippen LogP contribution in [0.5, 0.6) is 0 Å². The van der Waals surface area contributed by atoms with Crippen molar-refractivity contribution in [1.29, 1.82) is 0 Å². The zero-order valence-electron chi connectivity index (χ0n) is 14.2. The van der Waals surface area contributed by atoms with Crippen LogP contribution in [0, 0.1) is 12.8 Å². The second-order valence-electron chi connectivity index (χ2n) is 6.35. The molecule has 6 heteroatoms.